The van der Waals surface area contributed by atoms with Crippen LogP contribution in [0.1, 0.15) is 37.4 Å². The molecule has 2 aromatic heterocycles. The lowest BCUT2D eigenvalue weighted by Crippen LogP contribution is -2.54. The highest BCUT2D eigenvalue weighted by molar-refractivity contribution is 7.09. The molecule has 1 saturated heterocycles. The molecule has 1 amide bonds. The smallest absolute Gasteiger partial charge is 0.475 e. The number of aromatic nitrogens is 2. The minimum Gasteiger partial charge on any atom is -0.475 e. The number of amides is 1. The monoisotopic (exact) mass is 616 g/mol. The molecule has 41 heavy (non-hydrogen) atoms. The molecular formula is C24H30F6N4O6S. The molecule has 10 nitrogen and oxygen atoms in total. The molecule has 1 atom stereocenters. The SMILES string of the molecule is CC(C)CNC(=O)C1Cn2ccnc2C2(CCN(Cc3cccs3)CC2)O1.O=C(O)C(F)(F)F.O=C(O)C(F)(F)F. The van der Waals surface area contributed by atoms with Crippen molar-refractivity contribution in [1.29, 1.82) is 0 Å². The summed E-state index contributed by atoms with van der Waals surface area (Å²) in [7, 11) is 0. The first-order chi connectivity index (χ1) is 18.9. The predicted octanol–water partition coefficient (Wildman–Crippen LogP) is 3.87. The van der Waals surface area contributed by atoms with Crippen molar-refractivity contribution in [3.63, 3.8) is 0 Å². The van der Waals surface area contributed by atoms with Gasteiger partial charge in [0, 0.05) is 43.4 Å². The minimum absolute atomic E-state index is 0.0107. The third kappa shape index (κ3) is 10.3. The van der Waals surface area contributed by atoms with Crippen LogP contribution in [0.2, 0.25) is 0 Å². The van der Waals surface area contributed by atoms with E-state index >= 15 is 0 Å². The third-order valence-electron chi connectivity index (χ3n) is 5.94. The molecule has 0 saturated carbocycles. The molecule has 2 aliphatic rings. The van der Waals surface area contributed by atoms with Gasteiger partial charge in [-0.15, -0.1) is 11.3 Å². The molecule has 1 unspecified atom stereocenters. The molecule has 4 heterocycles. The number of hydrogen-bond acceptors (Lipinski definition) is 7. The summed E-state index contributed by atoms with van der Waals surface area (Å²) in [5.74, 6) is -4.12. The summed E-state index contributed by atoms with van der Waals surface area (Å²) in [6.45, 7) is 8.30. The number of thiophene rings is 1. The number of carbonyl (C=O) groups is 3. The summed E-state index contributed by atoms with van der Waals surface area (Å²) in [5, 5.41) is 19.4. The van der Waals surface area contributed by atoms with E-state index in [1.165, 1.54) is 4.88 Å². The number of nitrogens with one attached hydrogen (secondary N) is 1. The Morgan fingerprint density at radius 2 is 1.68 bits per heavy atom. The summed E-state index contributed by atoms with van der Waals surface area (Å²) in [6.07, 6.45) is -5.09. The Hall–Kier alpha value is -3.18. The van der Waals surface area contributed by atoms with Gasteiger partial charge in [-0.1, -0.05) is 19.9 Å². The normalized spacial score (nSPS) is 18.4. The lowest BCUT2D eigenvalue weighted by Gasteiger charge is -2.45. The van der Waals surface area contributed by atoms with E-state index in [4.69, 9.17) is 24.5 Å². The molecule has 1 spiro atoms. The first-order valence-electron chi connectivity index (χ1n) is 12.3. The molecular weight excluding hydrogens is 586 g/mol. The Bertz CT molecular complexity index is 1120. The van der Waals surface area contributed by atoms with Gasteiger partial charge in [0.05, 0.1) is 6.54 Å². The molecule has 0 bridgehead atoms. The molecule has 230 valence electrons. The van der Waals surface area contributed by atoms with Gasteiger partial charge >= 0.3 is 24.3 Å². The second kappa shape index (κ2) is 14.1. The molecule has 2 aromatic rings. The molecule has 0 radical (unpaired) electrons. The fraction of sp³-hybridized carbons (Fsp3) is 0.583. The Morgan fingerprint density at radius 1 is 1.12 bits per heavy atom. The topological polar surface area (TPSA) is 134 Å². The number of aliphatic carboxylic acids is 2. The van der Waals surface area contributed by atoms with Crippen LogP contribution in [0.4, 0.5) is 26.3 Å². The average molecular weight is 617 g/mol. The van der Waals surface area contributed by atoms with Gasteiger partial charge in [-0.05, 0) is 30.2 Å². The van der Waals surface area contributed by atoms with E-state index in [-0.39, 0.29) is 5.91 Å². The van der Waals surface area contributed by atoms with E-state index in [1.54, 1.807) is 11.3 Å². The number of hydrogen-bond donors (Lipinski definition) is 3. The Morgan fingerprint density at radius 3 is 2.15 bits per heavy atom. The van der Waals surface area contributed by atoms with Crippen LogP contribution >= 0.6 is 11.3 Å². The Kier molecular flexibility index (Phi) is 11.7. The number of likely N-dealkylation sites (tertiary alicyclic amines) is 1. The van der Waals surface area contributed by atoms with E-state index in [9.17, 15) is 31.1 Å². The lowest BCUT2D eigenvalue weighted by molar-refractivity contribution is -0.193. The first kappa shape index (κ1) is 34.0. The number of carbonyl (C=O) groups excluding carboxylic acids is 1. The lowest BCUT2D eigenvalue weighted by atomic mass is 9.88. The zero-order chi connectivity index (χ0) is 31.0. The number of fused-ring (bicyclic) bond motifs is 2. The van der Waals surface area contributed by atoms with Gasteiger partial charge in [-0.25, -0.2) is 14.6 Å². The van der Waals surface area contributed by atoms with Gasteiger partial charge in [-0.2, -0.15) is 26.3 Å². The third-order valence-corrected chi connectivity index (χ3v) is 6.80. The molecule has 2 aliphatic heterocycles. The number of piperidine rings is 1. The van der Waals surface area contributed by atoms with E-state index < -0.39 is 36.0 Å². The standard InChI is InChI=1S/C20H28N4O2S.2C2HF3O2/c1-15(2)12-22-18(25)17-14-24-10-7-21-19(24)20(26-17)5-8-23(9-6-20)13-16-4-3-11-27-16;2*3-2(4,5)1(6)7/h3-4,7,10-11,15,17H,5-6,8-9,12-14H2,1-2H3,(H,22,25);2*(H,6,7). The second-order valence-electron chi connectivity index (χ2n) is 9.60. The van der Waals surface area contributed by atoms with E-state index in [2.05, 4.69) is 51.1 Å². The van der Waals surface area contributed by atoms with Crippen molar-refractivity contribution in [3.05, 3.63) is 40.6 Å². The number of nitrogens with zero attached hydrogens (tertiary/aromatic N) is 3. The van der Waals surface area contributed by atoms with Crippen molar-refractivity contribution in [3.8, 4) is 0 Å². The highest BCUT2D eigenvalue weighted by Gasteiger charge is 2.47. The number of carboxylic acids is 2. The molecule has 17 heteroatoms. The summed E-state index contributed by atoms with van der Waals surface area (Å²) < 4.78 is 72.0. The van der Waals surface area contributed by atoms with Gasteiger partial charge in [0.1, 0.15) is 11.4 Å². The van der Waals surface area contributed by atoms with Gasteiger partial charge in [0.15, 0.2) is 6.10 Å². The number of carboxylic acid groups (broad SMARTS) is 2. The Balaban J connectivity index is 0.000000349. The van der Waals surface area contributed by atoms with Crippen LogP contribution in [-0.2, 0) is 37.8 Å². The first-order valence-corrected chi connectivity index (χ1v) is 13.1. The number of imidazole rings is 1. The number of alkyl halides is 6. The fourth-order valence-electron chi connectivity index (χ4n) is 3.99. The number of halogens is 6. The van der Waals surface area contributed by atoms with Crippen molar-refractivity contribution in [2.45, 2.75) is 63.8 Å². The van der Waals surface area contributed by atoms with Crippen LogP contribution in [0.5, 0.6) is 0 Å². The maximum atomic E-state index is 12.7. The molecule has 1 fully saturated rings. The van der Waals surface area contributed by atoms with Crippen LogP contribution < -0.4 is 5.32 Å². The maximum Gasteiger partial charge on any atom is 0.490 e. The van der Waals surface area contributed by atoms with Crippen molar-refractivity contribution in [2.75, 3.05) is 19.6 Å². The van der Waals surface area contributed by atoms with Crippen molar-refractivity contribution in [1.82, 2.24) is 19.8 Å². The zero-order valence-corrected chi connectivity index (χ0v) is 22.9. The molecule has 4 rings (SSSR count). The predicted molar refractivity (Wildman–Crippen MR) is 133 cm³/mol. The molecule has 3 N–H and O–H groups in total. The second-order valence-corrected chi connectivity index (χ2v) is 10.6. The average Bonchev–Trinajstić information content (AvgIpc) is 3.56. The van der Waals surface area contributed by atoms with E-state index in [1.807, 2.05) is 12.4 Å². The van der Waals surface area contributed by atoms with Crippen molar-refractivity contribution in [2.24, 2.45) is 5.92 Å². The highest BCUT2D eigenvalue weighted by Crippen LogP contribution is 2.40. The van der Waals surface area contributed by atoms with Crippen LogP contribution in [0.15, 0.2) is 29.9 Å². The van der Waals surface area contributed by atoms with Crippen molar-refractivity contribution >= 4 is 29.2 Å². The highest BCUT2D eigenvalue weighted by atomic mass is 32.1. The number of rotatable bonds is 5. The van der Waals surface area contributed by atoms with Crippen LogP contribution in [-0.4, -0.2) is 80.6 Å². The fourth-order valence-corrected chi connectivity index (χ4v) is 4.73. The summed E-state index contributed by atoms with van der Waals surface area (Å²) in [5.41, 5.74) is -0.451. The van der Waals surface area contributed by atoms with Gasteiger partial charge < -0.3 is 24.8 Å². The van der Waals surface area contributed by atoms with Crippen LogP contribution in [0.25, 0.3) is 0 Å². The van der Waals surface area contributed by atoms with Gasteiger partial charge in [0.25, 0.3) is 5.91 Å². The summed E-state index contributed by atoms with van der Waals surface area (Å²) in [6, 6.07) is 4.29. The quantitative estimate of drug-likeness (QED) is 0.432. The van der Waals surface area contributed by atoms with Gasteiger partial charge in [0.2, 0.25) is 0 Å². The van der Waals surface area contributed by atoms with Crippen molar-refractivity contribution < 1.29 is 55.7 Å². The maximum absolute atomic E-state index is 12.7. The van der Waals surface area contributed by atoms with E-state index in [0.717, 1.165) is 38.3 Å². The minimum atomic E-state index is -5.08. The molecule has 0 aliphatic carbocycles. The van der Waals surface area contributed by atoms with Gasteiger partial charge in [-0.3, -0.25) is 9.69 Å². The largest absolute Gasteiger partial charge is 0.490 e. The zero-order valence-electron chi connectivity index (χ0n) is 22.0. The van der Waals surface area contributed by atoms with E-state index in [0.29, 0.717) is 19.0 Å². The van der Waals surface area contributed by atoms with Crippen LogP contribution in [0.3, 0.4) is 0 Å². The summed E-state index contributed by atoms with van der Waals surface area (Å²) in [4.78, 5) is 38.9. The molecule has 0 aromatic carbocycles. The summed E-state index contributed by atoms with van der Waals surface area (Å²) >= 11 is 1.80. The Labute approximate surface area is 234 Å². The number of ether oxygens (including phenoxy) is 1. The van der Waals surface area contributed by atoms with Crippen LogP contribution in [0, 0.1) is 5.92 Å².